The first-order chi connectivity index (χ1) is 11.5. The summed E-state index contributed by atoms with van der Waals surface area (Å²) in [5, 5.41) is 2.10. The lowest BCUT2D eigenvalue weighted by molar-refractivity contribution is 0.00222. The van der Waals surface area contributed by atoms with Crippen LogP contribution in [0.3, 0.4) is 0 Å². The number of hydrogen-bond donors (Lipinski definition) is 0. The molecular weight excluding hydrogens is 363 g/mol. The predicted octanol–water partition coefficient (Wildman–Crippen LogP) is 5.02. The lowest BCUT2D eigenvalue weighted by Gasteiger charge is -2.44. The van der Waals surface area contributed by atoms with E-state index in [1.165, 1.54) is 22.9 Å². The van der Waals surface area contributed by atoms with E-state index < -0.39 is 0 Å². The van der Waals surface area contributed by atoms with Gasteiger partial charge >= 0.3 is 0 Å². The number of nitrogens with zero attached hydrogens (tertiary/aromatic N) is 2. The molecule has 0 radical (unpaired) electrons. The molecule has 1 aromatic carbocycles. The smallest absolute Gasteiger partial charge is 0.188 e. The molecule has 2 heterocycles. The van der Waals surface area contributed by atoms with Crippen LogP contribution in [0.2, 0.25) is 10.2 Å². The van der Waals surface area contributed by atoms with Crippen LogP contribution in [0.4, 0.5) is 0 Å². The van der Waals surface area contributed by atoms with E-state index in [1.54, 1.807) is 0 Å². The van der Waals surface area contributed by atoms with Gasteiger partial charge in [0.1, 0.15) is 5.15 Å². The fourth-order valence-corrected chi connectivity index (χ4v) is 4.77. The standard InChI is InChI=1S/C18H18Cl2N2OS/c1-10-12-4-3-11(19)7-14(12)18(9-23-10)6-5-13-15(8-18)21-17(24-2)22-16(13)20/h3-4,7,10H,5-6,8-9H2,1-2H3/t10-,18-/m1/s1. The number of hydrogen-bond acceptors (Lipinski definition) is 4. The molecular formula is C18H18Cl2N2OS. The van der Waals surface area contributed by atoms with Gasteiger partial charge in [0.2, 0.25) is 0 Å². The Bertz CT molecular complexity index is 814. The van der Waals surface area contributed by atoms with Crippen molar-refractivity contribution in [1.82, 2.24) is 9.97 Å². The molecule has 0 unspecified atom stereocenters. The molecule has 3 nitrogen and oxygen atoms in total. The van der Waals surface area contributed by atoms with Gasteiger partial charge in [0.25, 0.3) is 0 Å². The van der Waals surface area contributed by atoms with Gasteiger partial charge in [-0.25, -0.2) is 9.97 Å². The molecule has 2 aliphatic rings. The number of benzene rings is 1. The predicted molar refractivity (Wildman–Crippen MR) is 98.3 cm³/mol. The summed E-state index contributed by atoms with van der Waals surface area (Å²) in [5.41, 5.74) is 4.60. The van der Waals surface area contributed by atoms with E-state index in [1.807, 2.05) is 12.3 Å². The van der Waals surface area contributed by atoms with Gasteiger partial charge in [0.15, 0.2) is 5.16 Å². The average molecular weight is 381 g/mol. The SMILES string of the molecule is CSc1nc(Cl)c2c(n1)C[C@]1(CC2)CO[C@H](C)c2ccc(Cl)cc21. The van der Waals surface area contributed by atoms with Crippen molar-refractivity contribution in [2.75, 3.05) is 12.9 Å². The maximum Gasteiger partial charge on any atom is 0.188 e. The molecule has 1 aliphatic heterocycles. The van der Waals surface area contributed by atoms with Crippen LogP contribution in [0.1, 0.15) is 41.8 Å². The molecule has 24 heavy (non-hydrogen) atoms. The number of fused-ring (bicyclic) bond motifs is 3. The summed E-state index contributed by atoms with van der Waals surface area (Å²) in [6, 6.07) is 6.15. The second kappa shape index (κ2) is 6.17. The van der Waals surface area contributed by atoms with Gasteiger partial charge in [0, 0.05) is 22.4 Å². The van der Waals surface area contributed by atoms with E-state index in [0.717, 1.165) is 40.7 Å². The Kier molecular flexibility index (Phi) is 4.28. The van der Waals surface area contributed by atoms with Crippen molar-refractivity contribution in [3.63, 3.8) is 0 Å². The van der Waals surface area contributed by atoms with Crippen LogP contribution >= 0.6 is 35.0 Å². The minimum absolute atomic E-state index is 0.0763. The Labute approximate surface area is 156 Å². The normalized spacial score (nSPS) is 25.4. The fourth-order valence-electron chi connectivity index (χ4n) is 3.88. The topological polar surface area (TPSA) is 35.0 Å². The van der Waals surface area contributed by atoms with Crippen LogP contribution < -0.4 is 0 Å². The molecule has 126 valence electrons. The van der Waals surface area contributed by atoms with Crippen molar-refractivity contribution in [3.8, 4) is 0 Å². The van der Waals surface area contributed by atoms with Gasteiger partial charge in [-0.1, -0.05) is 41.0 Å². The van der Waals surface area contributed by atoms with Crippen LogP contribution in [-0.4, -0.2) is 22.8 Å². The van der Waals surface area contributed by atoms with Crippen LogP contribution in [0, 0.1) is 0 Å². The molecule has 1 aliphatic carbocycles. The van der Waals surface area contributed by atoms with Gasteiger partial charge < -0.3 is 4.74 Å². The number of ether oxygens (including phenoxy) is 1. The van der Waals surface area contributed by atoms with Crippen LogP contribution in [0.15, 0.2) is 23.4 Å². The fraction of sp³-hybridized carbons (Fsp3) is 0.444. The molecule has 0 bridgehead atoms. The number of aromatic nitrogens is 2. The minimum atomic E-state index is -0.0763. The average Bonchev–Trinajstić information content (AvgIpc) is 2.58. The molecule has 2 atom stereocenters. The zero-order chi connectivity index (χ0) is 16.9. The third-order valence-corrected chi connectivity index (χ3v) is 6.29. The van der Waals surface area contributed by atoms with Gasteiger partial charge in [-0.3, -0.25) is 0 Å². The van der Waals surface area contributed by atoms with Crippen molar-refractivity contribution >= 4 is 35.0 Å². The summed E-state index contributed by atoms with van der Waals surface area (Å²) < 4.78 is 6.11. The highest BCUT2D eigenvalue weighted by atomic mass is 35.5. The second-order valence-electron chi connectivity index (χ2n) is 6.57. The highest BCUT2D eigenvalue weighted by Gasteiger charge is 2.43. The first kappa shape index (κ1) is 16.6. The van der Waals surface area contributed by atoms with E-state index in [9.17, 15) is 0 Å². The first-order valence-electron chi connectivity index (χ1n) is 8.03. The number of thioether (sulfide) groups is 1. The van der Waals surface area contributed by atoms with E-state index in [0.29, 0.717) is 11.8 Å². The number of halogens is 2. The Hall–Kier alpha value is -0.810. The van der Waals surface area contributed by atoms with Crippen molar-refractivity contribution in [2.45, 2.75) is 42.9 Å². The van der Waals surface area contributed by atoms with Gasteiger partial charge in [-0.05, 0) is 49.3 Å². The lowest BCUT2D eigenvalue weighted by Crippen LogP contribution is -2.42. The number of rotatable bonds is 1. The Morgan fingerprint density at radius 2 is 2.12 bits per heavy atom. The first-order valence-corrected chi connectivity index (χ1v) is 10.0. The summed E-state index contributed by atoms with van der Waals surface area (Å²) >= 11 is 14.2. The second-order valence-corrected chi connectivity index (χ2v) is 8.14. The van der Waals surface area contributed by atoms with Crippen LogP contribution in [-0.2, 0) is 23.0 Å². The molecule has 4 rings (SSSR count). The monoisotopic (exact) mass is 380 g/mol. The van der Waals surface area contributed by atoms with E-state index in [2.05, 4.69) is 24.0 Å². The molecule has 1 spiro atoms. The molecule has 2 aromatic rings. The summed E-state index contributed by atoms with van der Waals surface area (Å²) in [5.74, 6) is 0. The highest BCUT2D eigenvalue weighted by Crippen LogP contribution is 2.47. The molecule has 1 aromatic heterocycles. The summed E-state index contributed by atoms with van der Waals surface area (Å²) in [7, 11) is 0. The van der Waals surface area contributed by atoms with Gasteiger partial charge in [-0.2, -0.15) is 0 Å². The third-order valence-electron chi connectivity index (χ3n) is 5.20. The zero-order valence-corrected chi connectivity index (χ0v) is 15.9. The van der Waals surface area contributed by atoms with Crippen molar-refractivity contribution < 1.29 is 4.74 Å². The molecule has 0 saturated heterocycles. The Morgan fingerprint density at radius 3 is 2.92 bits per heavy atom. The quantitative estimate of drug-likeness (QED) is 0.395. The molecule has 6 heteroatoms. The van der Waals surface area contributed by atoms with Crippen molar-refractivity contribution in [1.29, 1.82) is 0 Å². The largest absolute Gasteiger partial charge is 0.373 e. The van der Waals surface area contributed by atoms with E-state index >= 15 is 0 Å². The van der Waals surface area contributed by atoms with Gasteiger partial charge in [-0.15, -0.1) is 0 Å². The zero-order valence-electron chi connectivity index (χ0n) is 13.6. The lowest BCUT2D eigenvalue weighted by atomic mass is 9.66. The minimum Gasteiger partial charge on any atom is -0.373 e. The van der Waals surface area contributed by atoms with E-state index in [-0.39, 0.29) is 11.5 Å². The van der Waals surface area contributed by atoms with Crippen LogP contribution in [0.25, 0.3) is 0 Å². The Balaban J connectivity index is 1.83. The summed E-state index contributed by atoms with van der Waals surface area (Å²) in [6.45, 7) is 2.79. The van der Waals surface area contributed by atoms with Gasteiger partial charge in [0.05, 0.1) is 18.4 Å². The highest BCUT2D eigenvalue weighted by molar-refractivity contribution is 7.98. The Morgan fingerprint density at radius 1 is 1.29 bits per heavy atom. The molecule has 0 amide bonds. The van der Waals surface area contributed by atoms with E-state index in [4.69, 9.17) is 32.9 Å². The maximum atomic E-state index is 6.39. The molecule has 0 fully saturated rings. The van der Waals surface area contributed by atoms with Crippen molar-refractivity contribution in [2.24, 2.45) is 0 Å². The molecule has 0 saturated carbocycles. The van der Waals surface area contributed by atoms with Crippen molar-refractivity contribution in [3.05, 3.63) is 50.8 Å². The summed E-state index contributed by atoms with van der Waals surface area (Å²) in [4.78, 5) is 9.11. The van der Waals surface area contributed by atoms with Crippen LogP contribution in [0.5, 0.6) is 0 Å². The summed E-state index contributed by atoms with van der Waals surface area (Å²) in [6.07, 6.45) is 4.73. The third kappa shape index (κ3) is 2.64. The maximum absolute atomic E-state index is 6.39. The molecule has 0 N–H and O–H groups in total.